The number of aromatic amines is 1. The summed E-state index contributed by atoms with van der Waals surface area (Å²) in [6.07, 6.45) is 2.96. The lowest BCUT2D eigenvalue weighted by molar-refractivity contribution is 0.306. The summed E-state index contributed by atoms with van der Waals surface area (Å²) in [5.41, 5.74) is 1.19. The van der Waals surface area contributed by atoms with Crippen molar-refractivity contribution in [3.8, 4) is 0 Å². The summed E-state index contributed by atoms with van der Waals surface area (Å²) < 4.78 is 0. The maximum absolute atomic E-state index is 4.43. The number of likely N-dealkylation sites (N-methyl/N-ethyl adjacent to an activating group) is 1. The smallest absolute Gasteiger partial charge is 0.107 e. The van der Waals surface area contributed by atoms with E-state index in [1.807, 2.05) is 6.20 Å². The van der Waals surface area contributed by atoms with E-state index in [2.05, 4.69) is 47.9 Å². The minimum atomic E-state index is 0.690. The van der Waals surface area contributed by atoms with Gasteiger partial charge in [-0.3, -0.25) is 0 Å². The average Bonchev–Trinajstić information content (AvgIpc) is 2.78. The highest BCUT2D eigenvalue weighted by atomic mass is 15.1. The molecule has 104 valence electrons. The maximum atomic E-state index is 4.43. The molecule has 2 N–H and O–H groups in total. The number of rotatable bonds is 9. The Morgan fingerprint density at radius 2 is 2.06 bits per heavy atom. The van der Waals surface area contributed by atoms with Gasteiger partial charge in [0.2, 0.25) is 0 Å². The molecule has 1 heterocycles. The van der Waals surface area contributed by atoms with Gasteiger partial charge in [0.15, 0.2) is 0 Å². The quantitative estimate of drug-likeness (QED) is 0.707. The van der Waals surface area contributed by atoms with Crippen LogP contribution in [0, 0.1) is 5.92 Å². The van der Waals surface area contributed by atoms with Crippen molar-refractivity contribution in [3.63, 3.8) is 0 Å². The predicted molar refractivity (Wildman–Crippen MR) is 76.6 cm³/mol. The standard InChI is InChI=1S/C14H28N4/c1-5-18(6-2)8-7-14-16-11-13(17-14)10-15-9-12(3)4/h11-12,15H,5-10H2,1-4H3,(H,16,17). The van der Waals surface area contributed by atoms with Crippen LogP contribution >= 0.6 is 0 Å². The molecule has 0 saturated carbocycles. The molecule has 0 amide bonds. The SMILES string of the molecule is CCN(CC)CCc1ncc(CNCC(C)C)[nH]1. The Labute approximate surface area is 111 Å². The van der Waals surface area contributed by atoms with Crippen molar-refractivity contribution in [1.82, 2.24) is 20.2 Å². The molecule has 1 aromatic heterocycles. The molecule has 1 rings (SSSR count). The lowest BCUT2D eigenvalue weighted by Gasteiger charge is -2.16. The van der Waals surface area contributed by atoms with E-state index >= 15 is 0 Å². The van der Waals surface area contributed by atoms with E-state index in [0.717, 1.165) is 45.0 Å². The first-order chi connectivity index (χ1) is 8.65. The summed E-state index contributed by atoms with van der Waals surface area (Å²) in [5, 5.41) is 3.42. The summed E-state index contributed by atoms with van der Waals surface area (Å²) in [5.74, 6) is 1.79. The second kappa shape index (κ2) is 8.27. The zero-order valence-electron chi connectivity index (χ0n) is 12.3. The van der Waals surface area contributed by atoms with Crippen molar-refractivity contribution in [2.75, 3.05) is 26.2 Å². The van der Waals surface area contributed by atoms with E-state index in [9.17, 15) is 0 Å². The summed E-state index contributed by atoms with van der Waals surface area (Å²) in [6, 6.07) is 0. The lowest BCUT2D eigenvalue weighted by Crippen LogP contribution is -2.25. The van der Waals surface area contributed by atoms with Crippen LogP contribution in [0.25, 0.3) is 0 Å². The van der Waals surface area contributed by atoms with Crippen LogP contribution in [0.1, 0.15) is 39.2 Å². The molecule has 0 aromatic carbocycles. The van der Waals surface area contributed by atoms with Gasteiger partial charge in [0.25, 0.3) is 0 Å². The molecular formula is C14H28N4. The van der Waals surface area contributed by atoms with Crippen molar-refractivity contribution in [1.29, 1.82) is 0 Å². The molecule has 0 bridgehead atoms. The van der Waals surface area contributed by atoms with Crippen molar-refractivity contribution in [2.45, 2.75) is 40.7 Å². The third-order valence-electron chi connectivity index (χ3n) is 3.11. The molecule has 0 aliphatic carbocycles. The molecule has 1 aromatic rings. The van der Waals surface area contributed by atoms with Crippen LogP contribution in [-0.2, 0) is 13.0 Å². The summed E-state index contributed by atoms with van der Waals surface area (Å²) in [7, 11) is 0. The van der Waals surface area contributed by atoms with E-state index in [1.165, 1.54) is 5.69 Å². The number of H-pyrrole nitrogens is 1. The Kier molecular flexibility index (Phi) is 6.98. The Hall–Kier alpha value is -0.870. The molecule has 4 nitrogen and oxygen atoms in total. The van der Waals surface area contributed by atoms with Crippen LogP contribution in [0.2, 0.25) is 0 Å². The van der Waals surface area contributed by atoms with E-state index < -0.39 is 0 Å². The predicted octanol–water partition coefficient (Wildman–Crippen LogP) is 2.04. The first-order valence-corrected chi connectivity index (χ1v) is 7.11. The molecule has 0 aliphatic heterocycles. The largest absolute Gasteiger partial charge is 0.345 e. The van der Waals surface area contributed by atoms with E-state index in [0.29, 0.717) is 5.92 Å². The van der Waals surface area contributed by atoms with Crippen LogP contribution in [-0.4, -0.2) is 41.0 Å². The molecule has 0 unspecified atom stereocenters. The fourth-order valence-corrected chi connectivity index (χ4v) is 1.92. The summed E-state index contributed by atoms with van der Waals surface area (Å²) in [4.78, 5) is 10.2. The van der Waals surface area contributed by atoms with Crippen molar-refractivity contribution in [2.24, 2.45) is 5.92 Å². The number of hydrogen-bond acceptors (Lipinski definition) is 3. The monoisotopic (exact) mass is 252 g/mol. The van der Waals surface area contributed by atoms with Gasteiger partial charge in [-0.25, -0.2) is 4.98 Å². The zero-order chi connectivity index (χ0) is 13.4. The van der Waals surface area contributed by atoms with Gasteiger partial charge in [-0.15, -0.1) is 0 Å². The molecule has 4 heteroatoms. The van der Waals surface area contributed by atoms with Crippen molar-refractivity contribution >= 4 is 0 Å². The molecule has 18 heavy (non-hydrogen) atoms. The first-order valence-electron chi connectivity index (χ1n) is 7.11. The van der Waals surface area contributed by atoms with Crippen LogP contribution in [0.5, 0.6) is 0 Å². The molecule has 0 atom stereocenters. The van der Waals surface area contributed by atoms with Gasteiger partial charge >= 0.3 is 0 Å². The minimum absolute atomic E-state index is 0.690. The lowest BCUT2D eigenvalue weighted by atomic mass is 10.2. The third-order valence-corrected chi connectivity index (χ3v) is 3.11. The minimum Gasteiger partial charge on any atom is -0.345 e. The fraction of sp³-hybridized carbons (Fsp3) is 0.786. The zero-order valence-corrected chi connectivity index (χ0v) is 12.3. The molecule has 0 spiro atoms. The van der Waals surface area contributed by atoms with Gasteiger partial charge in [0, 0.05) is 31.4 Å². The van der Waals surface area contributed by atoms with Crippen molar-refractivity contribution in [3.05, 3.63) is 17.7 Å². The van der Waals surface area contributed by atoms with Gasteiger partial charge in [0.1, 0.15) is 5.82 Å². The normalized spacial score (nSPS) is 11.7. The highest BCUT2D eigenvalue weighted by Gasteiger charge is 2.04. The number of aromatic nitrogens is 2. The number of nitrogens with zero attached hydrogens (tertiary/aromatic N) is 2. The molecular weight excluding hydrogens is 224 g/mol. The Morgan fingerprint density at radius 3 is 2.67 bits per heavy atom. The highest BCUT2D eigenvalue weighted by Crippen LogP contribution is 2.00. The Balaban J connectivity index is 2.29. The number of hydrogen-bond donors (Lipinski definition) is 2. The van der Waals surface area contributed by atoms with Crippen LogP contribution < -0.4 is 5.32 Å². The average molecular weight is 252 g/mol. The van der Waals surface area contributed by atoms with Crippen molar-refractivity contribution < 1.29 is 0 Å². The van der Waals surface area contributed by atoms with Crippen LogP contribution in [0.15, 0.2) is 6.20 Å². The number of imidazole rings is 1. The Morgan fingerprint density at radius 1 is 1.33 bits per heavy atom. The Bertz CT molecular complexity index is 315. The van der Waals surface area contributed by atoms with Gasteiger partial charge in [-0.1, -0.05) is 27.7 Å². The highest BCUT2D eigenvalue weighted by molar-refractivity contribution is 5.01. The van der Waals surface area contributed by atoms with E-state index in [-0.39, 0.29) is 0 Å². The van der Waals surface area contributed by atoms with Crippen LogP contribution in [0.4, 0.5) is 0 Å². The first kappa shape index (κ1) is 15.2. The fourth-order valence-electron chi connectivity index (χ4n) is 1.92. The van der Waals surface area contributed by atoms with Gasteiger partial charge < -0.3 is 15.2 Å². The second-order valence-corrected chi connectivity index (χ2v) is 5.16. The molecule has 0 saturated heterocycles. The topological polar surface area (TPSA) is 44.0 Å². The number of nitrogens with one attached hydrogen (secondary N) is 2. The molecule has 0 aliphatic rings. The van der Waals surface area contributed by atoms with Crippen LogP contribution in [0.3, 0.4) is 0 Å². The molecule has 0 fully saturated rings. The third kappa shape index (κ3) is 5.65. The van der Waals surface area contributed by atoms with Gasteiger partial charge in [-0.2, -0.15) is 0 Å². The summed E-state index contributed by atoms with van der Waals surface area (Å²) in [6.45, 7) is 14.1. The maximum Gasteiger partial charge on any atom is 0.107 e. The van der Waals surface area contributed by atoms with E-state index in [4.69, 9.17) is 0 Å². The van der Waals surface area contributed by atoms with Gasteiger partial charge in [0.05, 0.1) is 0 Å². The molecule has 0 radical (unpaired) electrons. The second-order valence-electron chi connectivity index (χ2n) is 5.16. The van der Waals surface area contributed by atoms with E-state index in [1.54, 1.807) is 0 Å². The van der Waals surface area contributed by atoms with Gasteiger partial charge in [-0.05, 0) is 25.6 Å². The summed E-state index contributed by atoms with van der Waals surface area (Å²) >= 11 is 0.